The van der Waals surface area contributed by atoms with Gasteiger partial charge in [-0.3, -0.25) is 24.0 Å². The predicted molar refractivity (Wildman–Crippen MR) is 128 cm³/mol. The van der Waals surface area contributed by atoms with Crippen molar-refractivity contribution in [1.29, 1.82) is 0 Å². The number of carbonyl (C=O) groups excluding carboxylic acids is 6. The van der Waals surface area contributed by atoms with Crippen molar-refractivity contribution in [2.45, 2.75) is 71.7 Å². The Labute approximate surface area is 224 Å². The zero-order chi connectivity index (χ0) is 29.1. The summed E-state index contributed by atoms with van der Waals surface area (Å²) in [7, 11) is 0. The molecule has 13 nitrogen and oxygen atoms in total. The van der Waals surface area contributed by atoms with Gasteiger partial charge in [-0.05, 0) is 5.56 Å². The maximum absolute atomic E-state index is 13.0. The highest BCUT2D eigenvalue weighted by Crippen LogP contribution is 2.30. The number of rotatable bonds is 11. The van der Waals surface area contributed by atoms with E-state index < -0.39 is 78.7 Å². The smallest absolute Gasteiger partial charge is 0.373 e. The predicted octanol–water partition coefficient (Wildman–Crippen LogP) is 1.30. The van der Waals surface area contributed by atoms with Gasteiger partial charge in [0.1, 0.15) is 13.2 Å². The average Bonchev–Trinajstić information content (AvgIpc) is 2.84. The lowest BCUT2D eigenvalue weighted by atomic mass is 9.95. The second kappa shape index (κ2) is 14.5. The van der Waals surface area contributed by atoms with Gasteiger partial charge in [-0.15, -0.1) is 0 Å². The van der Waals surface area contributed by atoms with Crippen molar-refractivity contribution in [2.75, 3.05) is 6.61 Å². The quantitative estimate of drug-likeness (QED) is 0.286. The number of esters is 6. The third-order valence-electron chi connectivity index (χ3n) is 5.00. The lowest BCUT2D eigenvalue weighted by molar-refractivity contribution is -0.210. The molecular formula is C26H30O13. The summed E-state index contributed by atoms with van der Waals surface area (Å²) in [5.74, 6) is -5.52. The molecule has 0 N–H and O–H groups in total. The topological polar surface area (TPSA) is 167 Å². The van der Waals surface area contributed by atoms with Crippen LogP contribution in [0.5, 0.6) is 0 Å². The molecule has 212 valence electrons. The molecule has 0 unspecified atom stereocenters. The largest absolute Gasteiger partial charge is 0.475 e. The first-order valence-corrected chi connectivity index (χ1v) is 11.8. The lowest BCUT2D eigenvalue weighted by Gasteiger charge is -2.40. The van der Waals surface area contributed by atoms with E-state index in [9.17, 15) is 28.8 Å². The first-order valence-electron chi connectivity index (χ1n) is 11.8. The third-order valence-corrected chi connectivity index (χ3v) is 5.00. The number of carbonyl (C=O) groups is 6. The maximum Gasteiger partial charge on any atom is 0.373 e. The number of ether oxygens (including phenoxy) is 7. The fraction of sp³-hybridized carbons (Fsp3) is 0.462. The number of hydrogen-bond donors (Lipinski definition) is 0. The molecule has 1 aromatic rings. The monoisotopic (exact) mass is 550 g/mol. The summed E-state index contributed by atoms with van der Waals surface area (Å²) in [6.45, 7) is 4.64. The van der Waals surface area contributed by atoms with Gasteiger partial charge in [-0.25, -0.2) is 4.79 Å². The van der Waals surface area contributed by atoms with Crippen molar-refractivity contribution in [3.63, 3.8) is 0 Å². The fourth-order valence-electron chi connectivity index (χ4n) is 3.62. The van der Waals surface area contributed by atoms with Crippen LogP contribution in [0.15, 0.2) is 42.2 Å². The molecule has 2 rings (SSSR count). The van der Waals surface area contributed by atoms with E-state index in [4.69, 9.17) is 33.2 Å². The Morgan fingerprint density at radius 2 is 1.38 bits per heavy atom. The van der Waals surface area contributed by atoms with Crippen molar-refractivity contribution >= 4 is 35.8 Å². The van der Waals surface area contributed by atoms with E-state index in [2.05, 4.69) is 0 Å². The zero-order valence-corrected chi connectivity index (χ0v) is 22.1. The highest BCUT2D eigenvalue weighted by molar-refractivity contribution is 5.86. The Hall–Kier alpha value is -4.42. The van der Waals surface area contributed by atoms with Crippen LogP contribution in [0.25, 0.3) is 0 Å². The standard InChI is InChI=1S/C26H30O13/c1-14(27)33-13-22(36-16(3)29)24(38-18(5)31)25-23(37-17(4)30)20(35-15(2)28)11-21(39-25)26(32)34-12-19-9-7-6-8-10-19/h6-11,20,22-25H,12-13H2,1-5H3/t20-,22+,23+,24+,25+/m0/s1. The van der Waals surface area contributed by atoms with Crippen LogP contribution in [-0.4, -0.2) is 72.9 Å². The highest BCUT2D eigenvalue weighted by Gasteiger charge is 2.50. The minimum Gasteiger partial charge on any atom is -0.475 e. The van der Waals surface area contributed by atoms with E-state index in [1.807, 2.05) is 0 Å². The summed E-state index contributed by atoms with van der Waals surface area (Å²) < 4.78 is 37.3. The summed E-state index contributed by atoms with van der Waals surface area (Å²) in [5, 5.41) is 0. The Kier molecular flexibility index (Phi) is 11.5. The summed E-state index contributed by atoms with van der Waals surface area (Å²) in [4.78, 5) is 72.2. The van der Waals surface area contributed by atoms with Crippen molar-refractivity contribution < 1.29 is 61.9 Å². The molecule has 1 aliphatic heterocycles. The first-order chi connectivity index (χ1) is 18.4. The molecule has 13 heteroatoms. The Morgan fingerprint density at radius 3 is 1.92 bits per heavy atom. The van der Waals surface area contributed by atoms with Gasteiger partial charge in [0.05, 0.1) is 0 Å². The Bertz CT molecular complexity index is 1090. The molecular weight excluding hydrogens is 520 g/mol. The molecule has 5 atom stereocenters. The molecule has 39 heavy (non-hydrogen) atoms. The van der Waals surface area contributed by atoms with Crippen LogP contribution in [0, 0.1) is 0 Å². The molecule has 0 saturated carbocycles. The van der Waals surface area contributed by atoms with Gasteiger partial charge in [0, 0.05) is 40.7 Å². The fourth-order valence-corrected chi connectivity index (χ4v) is 3.62. The summed E-state index contributed by atoms with van der Waals surface area (Å²) in [6.07, 6.45) is -6.50. The third kappa shape index (κ3) is 10.1. The minimum absolute atomic E-state index is 0.132. The van der Waals surface area contributed by atoms with Crippen molar-refractivity contribution in [1.82, 2.24) is 0 Å². The SMILES string of the molecule is CC(=O)OC[C@@H](OC(C)=O)[C@@H](OC(C)=O)[C@@H]1OC(C(=O)OCc2ccccc2)=C[C@H](OC(C)=O)[C@H]1OC(C)=O. The van der Waals surface area contributed by atoms with Crippen LogP contribution in [0.4, 0.5) is 0 Å². The van der Waals surface area contributed by atoms with Gasteiger partial charge in [-0.2, -0.15) is 0 Å². The van der Waals surface area contributed by atoms with Crippen LogP contribution in [0.2, 0.25) is 0 Å². The molecule has 0 aliphatic carbocycles. The van der Waals surface area contributed by atoms with Crippen LogP contribution < -0.4 is 0 Å². The summed E-state index contributed by atoms with van der Waals surface area (Å²) in [5.41, 5.74) is 0.669. The van der Waals surface area contributed by atoms with Crippen LogP contribution in [-0.2, 0) is 68.5 Å². The van der Waals surface area contributed by atoms with Gasteiger partial charge in [0.15, 0.2) is 30.5 Å². The molecule has 0 bridgehead atoms. The van der Waals surface area contributed by atoms with Crippen molar-refractivity contribution in [2.24, 2.45) is 0 Å². The average molecular weight is 551 g/mol. The second-order valence-corrected chi connectivity index (χ2v) is 8.35. The van der Waals surface area contributed by atoms with Gasteiger partial charge < -0.3 is 33.2 Å². The normalized spacial score (nSPS) is 19.6. The van der Waals surface area contributed by atoms with Crippen molar-refractivity contribution in [3.05, 3.63) is 47.7 Å². The van der Waals surface area contributed by atoms with E-state index in [1.54, 1.807) is 30.3 Å². The van der Waals surface area contributed by atoms with Crippen LogP contribution in [0.1, 0.15) is 40.2 Å². The highest BCUT2D eigenvalue weighted by atomic mass is 16.7. The van der Waals surface area contributed by atoms with Gasteiger partial charge in [0.25, 0.3) is 0 Å². The van der Waals surface area contributed by atoms with E-state index in [0.29, 0.717) is 5.56 Å². The van der Waals surface area contributed by atoms with Gasteiger partial charge >= 0.3 is 35.8 Å². The number of benzene rings is 1. The second-order valence-electron chi connectivity index (χ2n) is 8.35. The van der Waals surface area contributed by atoms with E-state index in [-0.39, 0.29) is 6.61 Å². The summed E-state index contributed by atoms with van der Waals surface area (Å²) >= 11 is 0. The molecule has 1 aliphatic rings. The van der Waals surface area contributed by atoms with E-state index in [1.165, 1.54) is 0 Å². The molecule has 0 fully saturated rings. The molecule has 0 amide bonds. The van der Waals surface area contributed by atoms with Gasteiger partial charge in [-0.1, -0.05) is 30.3 Å². The molecule has 1 heterocycles. The molecule has 0 aromatic heterocycles. The maximum atomic E-state index is 13.0. The zero-order valence-electron chi connectivity index (χ0n) is 22.1. The number of hydrogen-bond acceptors (Lipinski definition) is 13. The molecule has 0 saturated heterocycles. The van der Waals surface area contributed by atoms with Crippen molar-refractivity contribution in [3.8, 4) is 0 Å². The van der Waals surface area contributed by atoms with Crippen LogP contribution in [0.3, 0.4) is 0 Å². The minimum atomic E-state index is -1.61. The van der Waals surface area contributed by atoms with Crippen LogP contribution >= 0.6 is 0 Å². The Morgan fingerprint density at radius 1 is 0.769 bits per heavy atom. The first kappa shape index (κ1) is 30.8. The molecule has 1 aromatic carbocycles. The Balaban J connectivity index is 2.52. The summed E-state index contributed by atoms with van der Waals surface area (Å²) in [6, 6.07) is 8.72. The van der Waals surface area contributed by atoms with Gasteiger partial charge in [0.2, 0.25) is 5.76 Å². The van der Waals surface area contributed by atoms with E-state index in [0.717, 1.165) is 40.7 Å². The lowest BCUT2D eigenvalue weighted by Crippen LogP contribution is -2.57. The van der Waals surface area contributed by atoms with E-state index >= 15 is 0 Å². The molecule has 0 spiro atoms. The molecule has 0 radical (unpaired) electrons.